The molecule has 0 aliphatic rings. The molecule has 0 spiro atoms. The van der Waals surface area contributed by atoms with Crippen molar-refractivity contribution in [3.63, 3.8) is 0 Å². The number of nitrogens with zero attached hydrogens (tertiary/aromatic N) is 4. The molecular formula is C23H16IrN4-2. The molecule has 28 heavy (non-hydrogen) atoms. The van der Waals surface area contributed by atoms with E-state index in [1.165, 1.54) is 0 Å². The van der Waals surface area contributed by atoms with Gasteiger partial charge >= 0.3 is 0 Å². The zero-order valence-corrected chi connectivity index (χ0v) is 17.3. The molecule has 5 heteroatoms. The summed E-state index contributed by atoms with van der Waals surface area (Å²) >= 11 is 0. The summed E-state index contributed by atoms with van der Waals surface area (Å²) in [4.78, 5) is 17.3. The van der Waals surface area contributed by atoms with Gasteiger partial charge in [-0.1, -0.05) is 42.5 Å². The Bertz CT molecular complexity index is 1040. The van der Waals surface area contributed by atoms with Gasteiger partial charge in [-0.05, 0) is 40.8 Å². The van der Waals surface area contributed by atoms with Crippen LogP contribution in [0.25, 0.3) is 33.8 Å². The van der Waals surface area contributed by atoms with E-state index in [0.717, 1.165) is 28.0 Å². The summed E-state index contributed by atoms with van der Waals surface area (Å²) in [5, 5.41) is 0. The van der Waals surface area contributed by atoms with Crippen LogP contribution in [0.5, 0.6) is 0 Å². The fourth-order valence-corrected chi connectivity index (χ4v) is 2.59. The van der Waals surface area contributed by atoms with Crippen molar-refractivity contribution in [2.24, 2.45) is 0 Å². The first kappa shape index (κ1) is 19.6. The van der Waals surface area contributed by atoms with Crippen molar-refractivity contribution in [2.45, 2.75) is 0 Å². The second-order valence-electron chi connectivity index (χ2n) is 5.74. The molecule has 5 aromatic rings. The molecule has 0 unspecified atom stereocenters. The van der Waals surface area contributed by atoms with Crippen LogP contribution in [0.15, 0.2) is 97.3 Å². The number of fused-ring (bicyclic) bond motifs is 1. The Labute approximate surface area is 177 Å². The molecule has 3 heterocycles. The van der Waals surface area contributed by atoms with Crippen LogP contribution in [0.1, 0.15) is 0 Å². The van der Waals surface area contributed by atoms with Crippen LogP contribution < -0.4 is 4.98 Å². The molecule has 5 rings (SSSR count). The molecule has 1 radical (unpaired) electrons. The van der Waals surface area contributed by atoms with E-state index in [9.17, 15) is 0 Å². The Balaban J connectivity index is 0.000000159. The summed E-state index contributed by atoms with van der Waals surface area (Å²) in [6, 6.07) is 30.4. The minimum atomic E-state index is 0. The van der Waals surface area contributed by atoms with Crippen molar-refractivity contribution in [3.05, 3.63) is 103 Å². The molecule has 0 atom stereocenters. The van der Waals surface area contributed by atoms with E-state index < -0.39 is 0 Å². The molecule has 0 saturated heterocycles. The normalized spacial score (nSPS) is 9.86. The molecular weight excluding hydrogens is 524 g/mol. The van der Waals surface area contributed by atoms with E-state index in [4.69, 9.17) is 0 Å². The van der Waals surface area contributed by atoms with E-state index in [1.54, 1.807) is 12.4 Å². The number of hydrogen-bond donors (Lipinski definition) is 0. The van der Waals surface area contributed by atoms with Gasteiger partial charge in [-0.15, -0.1) is 35.9 Å². The predicted molar refractivity (Wildman–Crippen MR) is 107 cm³/mol. The van der Waals surface area contributed by atoms with Crippen LogP contribution in [0.4, 0.5) is 0 Å². The van der Waals surface area contributed by atoms with Gasteiger partial charge in [-0.2, -0.15) is 0 Å². The number of pyridine rings is 2. The smallest absolute Gasteiger partial charge is 0.0620 e. The standard InChI is InChI=1S/C12H8N3.C11H8N.Ir/c1-2-6-10-9(5-1)14-12(15-10)11-7-3-4-8-13-11;1-2-6-10(7-3-1)11-8-4-5-9-12-11;/h1-8H;1-6,8-9H;/q2*-1;. The average Bonchev–Trinajstić information content (AvgIpc) is 3.21. The van der Waals surface area contributed by atoms with E-state index in [-0.39, 0.29) is 20.1 Å². The Morgan fingerprint density at radius 1 is 0.679 bits per heavy atom. The van der Waals surface area contributed by atoms with Crippen LogP contribution >= 0.6 is 0 Å². The van der Waals surface area contributed by atoms with Gasteiger partial charge in [0.05, 0.1) is 5.69 Å². The third-order valence-corrected chi connectivity index (χ3v) is 3.88. The summed E-state index contributed by atoms with van der Waals surface area (Å²) < 4.78 is 0. The van der Waals surface area contributed by atoms with Crippen molar-refractivity contribution < 1.29 is 20.1 Å². The topological polar surface area (TPSA) is 52.8 Å². The average molecular weight is 541 g/mol. The van der Waals surface area contributed by atoms with E-state index in [0.29, 0.717) is 5.82 Å². The molecule has 0 fully saturated rings. The van der Waals surface area contributed by atoms with Crippen molar-refractivity contribution in [3.8, 4) is 22.8 Å². The van der Waals surface area contributed by atoms with Gasteiger partial charge in [0.1, 0.15) is 0 Å². The van der Waals surface area contributed by atoms with Gasteiger partial charge in [0.15, 0.2) is 0 Å². The second kappa shape index (κ2) is 9.70. The van der Waals surface area contributed by atoms with E-state index >= 15 is 0 Å². The maximum Gasteiger partial charge on any atom is 0.0620 e. The Morgan fingerprint density at radius 2 is 1.36 bits per heavy atom. The summed E-state index contributed by atoms with van der Waals surface area (Å²) in [7, 11) is 0. The maximum atomic E-state index is 4.41. The molecule has 0 N–H and O–H groups in total. The molecule has 0 saturated carbocycles. The minimum Gasteiger partial charge on any atom is -0.434 e. The monoisotopic (exact) mass is 541 g/mol. The SMILES string of the molecule is [Ir].[c-]1ccccc1-c1ccccn1.c1ccc(-c2nc3ccccc3[n-]2)nc1. The molecule has 3 aromatic heterocycles. The summed E-state index contributed by atoms with van der Waals surface area (Å²) in [5.41, 5.74) is 4.65. The van der Waals surface area contributed by atoms with Gasteiger partial charge in [0, 0.05) is 32.5 Å². The summed E-state index contributed by atoms with van der Waals surface area (Å²) in [6.45, 7) is 0. The summed E-state index contributed by atoms with van der Waals surface area (Å²) in [5.74, 6) is 0.691. The van der Waals surface area contributed by atoms with Crippen LogP contribution in [0.3, 0.4) is 0 Å². The fourth-order valence-electron chi connectivity index (χ4n) is 2.59. The van der Waals surface area contributed by atoms with Gasteiger partial charge < -0.3 is 15.0 Å². The molecule has 0 aliphatic carbocycles. The van der Waals surface area contributed by atoms with Crippen molar-refractivity contribution in [2.75, 3.05) is 0 Å². The number of imidazole rings is 1. The number of hydrogen-bond acceptors (Lipinski definition) is 3. The van der Waals surface area contributed by atoms with Crippen LogP contribution in [0, 0.1) is 6.07 Å². The summed E-state index contributed by atoms with van der Waals surface area (Å²) in [6.07, 6.45) is 3.53. The quantitative estimate of drug-likeness (QED) is 0.302. The van der Waals surface area contributed by atoms with Crippen LogP contribution in [-0.4, -0.2) is 15.0 Å². The maximum absolute atomic E-state index is 4.41. The first-order chi connectivity index (χ1) is 13.4. The zero-order valence-electron chi connectivity index (χ0n) is 14.9. The molecule has 0 aliphatic heterocycles. The number of rotatable bonds is 2. The number of benzene rings is 2. The Morgan fingerprint density at radius 3 is 2.00 bits per heavy atom. The fraction of sp³-hybridized carbons (Fsp3) is 0. The van der Waals surface area contributed by atoms with Crippen molar-refractivity contribution in [1.82, 2.24) is 19.9 Å². The molecule has 4 nitrogen and oxygen atoms in total. The van der Waals surface area contributed by atoms with Crippen LogP contribution in [-0.2, 0) is 20.1 Å². The molecule has 2 aromatic carbocycles. The van der Waals surface area contributed by atoms with Crippen molar-refractivity contribution in [1.29, 1.82) is 0 Å². The third-order valence-electron chi connectivity index (χ3n) is 3.88. The second-order valence-corrected chi connectivity index (χ2v) is 5.74. The van der Waals surface area contributed by atoms with Crippen LogP contribution in [0.2, 0.25) is 0 Å². The van der Waals surface area contributed by atoms with E-state index in [1.807, 2.05) is 84.9 Å². The molecule has 139 valence electrons. The molecule has 0 amide bonds. The first-order valence-electron chi connectivity index (χ1n) is 8.59. The predicted octanol–water partition coefficient (Wildman–Crippen LogP) is 4.80. The Kier molecular flexibility index (Phi) is 6.79. The number of aromatic nitrogens is 4. The third kappa shape index (κ3) is 4.77. The Hall–Kier alpha value is -3.14. The minimum absolute atomic E-state index is 0. The largest absolute Gasteiger partial charge is 0.434 e. The number of para-hydroxylation sites is 2. The van der Waals surface area contributed by atoms with E-state index in [2.05, 4.69) is 26.0 Å². The zero-order chi connectivity index (χ0) is 18.3. The molecule has 0 bridgehead atoms. The van der Waals surface area contributed by atoms with Gasteiger partial charge in [0.25, 0.3) is 0 Å². The van der Waals surface area contributed by atoms with Gasteiger partial charge in [0.2, 0.25) is 0 Å². The van der Waals surface area contributed by atoms with Gasteiger partial charge in [-0.3, -0.25) is 4.98 Å². The van der Waals surface area contributed by atoms with Gasteiger partial charge in [-0.25, -0.2) is 0 Å². The first-order valence-corrected chi connectivity index (χ1v) is 8.59. The van der Waals surface area contributed by atoms with Crippen molar-refractivity contribution >= 4 is 11.0 Å².